The van der Waals surface area contributed by atoms with Gasteiger partial charge in [-0.25, -0.2) is 4.79 Å². The number of rotatable bonds is 4. The molecule has 156 valence electrons. The molecule has 4 aliphatic rings. The van der Waals surface area contributed by atoms with E-state index in [9.17, 15) is 9.90 Å². The molecule has 2 aliphatic heterocycles. The fourth-order valence-corrected chi connectivity index (χ4v) is 6.52. The molecular weight excluding hydrogens is 372 g/mol. The number of likely N-dealkylation sites (tertiary alicyclic amines) is 1. The fraction of sp³-hybridized carbons (Fsp3) is 0.591. The summed E-state index contributed by atoms with van der Waals surface area (Å²) in [7, 11) is 3.00. The number of hydrogen-bond donors (Lipinski definition) is 2. The smallest absolute Gasteiger partial charge is 0.407 e. The number of carbonyl (C=O) groups excluding carboxylic acids is 1. The highest BCUT2D eigenvalue weighted by molar-refractivity contribution is 5.68. The van der Waals surface area contributed by atoms with Gasteiger partial charge < -0.3 is 24.6 Å². The zero-order chi connectivity index (χ0) is 20.4. The number of methoxy groups -OCH3 is 2. The van der Waals surface area contributed by atoms with E-state index in [1.54, 1.807) is 7.11 Å². The molecule has 2 fully saturated rings. The molecule has 2 bridgehead atoms. The summed E-state index contributed by atoms with van der Waals surface area (Å²) in [5.41, 5.74) is 0.773. The zero-order valence-electron chi connectivity index (χ0n) is 16.9. The van der Waals surface area contributed by atoms with Crippen molar-refractivity contribution in [1.82, 2.24) is 10.2 Å². The molecule has 1 saturated heterocycles. The van der Waals surface area contributed by atoms with E-state index in [1.165, 1.54) is 12.7 Å². The van der Waals surface area contributed by atoms with Gasteiger partial charge >= 0.3 is 6.09 Å². The molecule has 1 amide bonds. The van der Waals surface area contributed by atoms with E-state index >= 15 is 0 Å². The normalized spacial score (nSPS) is 36.6. The lowest BCUT2D eigenvalue weighted by atomic mass is 9.48. The predicted octanol–water partition coefficient (Wildman–Crippen LogP) is 1.76. The van der Waals surface area contributed by atoms with Crippen molar-refractivity contribution in [3.05, 3.63) is 35.9 Å². The summed E-state index contributed by atoms with van der Waals surface area (Å²) < 4.78 is 17.0. The van der Waals surface area contributed by atoms with E-state index in [2.05, 4.69) is 22.9 Å². The van der Waals surface area contributed by atoms with Gasteiger partial charge in [0, 0.05) is 18.2 Å². The number of aliphatic hydroxyl groups is 1. The SMILES string of the molecule is C=CCN1CC[C@@]23c4c5ccc(OC)c4OC2C(NC(=O)OC)CC[C@]3(O)[C@@H]1C5. The van der Waals surface area contributed by atoms with Crippen LogP contribution in [0.5, 0.6) is 11.5 Å². The molecule has 0 radical (unpaired) electrons. The van der Waals surface area contributed by atoms with Crippen molar-refractivity contribution in [2.75, 3.05) is 27.3 Å². The lowest BCUT2D eigenvalue weighted by Gasteiger charge is -2.64. The first-order valence-corrected chi connectivity index (χ1v) is 10.3. The Kier molecular flexibility index (Phi) is 4.12. The number of nitrogens with one attached hydrogen (secondary N) is 1. The van der Waals surface area contributed by atoms with Crippen LogP contribution in [0.2, 0.25) is 0 Å². The first-order chi connectivity index (χ1) is 14.0. The van der Waals surface area contributed by atoms with Crippen LogP contribution in [0, 0.1) is 0 Å². The molecular formula is C22H28N2O5. The van der Waals surface area contributed by atoms with Crippen molar-refractivity contribution < 1.29 is 24.1 Å². The molecule has 1 aromatic rings. The van der Waals surface area contributed by atoms with Crippen LogP contribution in [-0.2, 0) is 16.6 Å². The van der Waals surface area contributed by atoms with Gasteiger partial charge in [-0.2, -0.15) is 0 Å². The van der Waals surface area contributed by atoms with E-state index in [-0.39, 0.29) is 18.2 Å². The van der Waals surface area contributed by atoms with Crippen LogP contribution in [-0.4, -0.2) is 67.2 Å². The van der Waals surface area contributed by atoms with Gasteiger partial charge in [-0.05, 0) is 43.9 Å². The average molecular weight is 400 g/mol. The molecule has 5 atom stereocenters. The standard InChI is InChI=1S/C22H28N2O5/c1-4-10-24-11-9-21-17-13-5-6-15(27-2)18(17)29-19(21)14(23-20(25)28-3)7-8-22(21,26)16(24)12-13/h4-6,14,16,19,26H,1,7-12H2,2-3H3,(H,23,25)/t14?,16-,19?,21+,22-/m0/s1. The summed E-state index contributed by atoms with van der Waals surface area (Å²) in [4.78, 5) is 14.4. The second-order valence-electron chi connectivity index (χ2n) is 8.60. The number of benzene rings is 1. The van der Waals surface area contributed by atoms with Gasteiger partial charge in [0.15, 0.2) is 11.5 Å². The van der Waals surface area contributed by atoms with Crippen LogP contribution in [0.4, 0.5) is 4.79 Å². The van der Waals surface area contributed by atoms with E-state index in [0.29, 0.717) is 18.6 Å². The highest BCUT2D eigenvalue weighted by atomic mass is 16.5. The molecule has 1 saturated carbocycles. The lowest BCUT2D eigenvalue weighted by Crippen LogP contribution is -2.78. The first kappa shape index (κ1) is 18.8. The molecule has 7 nitrogen and oxygen atoms in total. The Hall–Kier alpha value is -2.25. The first-order valence-electron chi connectivity index (χ1n) is 10.3. The van der Waals surface area contributed by atoms with Crippen LogP contribution < -0.4 is 14.8 Å². The van der Waals surface area contributed by atoms with Gasteiger partial charge in [-0.3, -0.25) is 4.90 Å². The van der Waals surface area contributed by atoms with Gasteiger partial charge in [0.05, 0.1) is 31.3 Å². The van der Waals surface area contributed by atoms with Crippen LogP contribution in [0.1, 0.15) is 30.4 Å². The molecule has 2 aliphatic carbocycles. The Morgan fingerprint density at radius 3 is 3.00 bits per heavy atom. The van der Waals surface area contributed by atoms with Crippen LogP contribution in [0.3, 0.4) is 0 Å². The molecule has 1 aromatic carbocycles. The van der Waals surface area contributed by atoms with Gasteiger partial charge in [0.1, 0.15) is 6.10 Å². The van der Waals surface area contributed by atoms with E-state index in [1.807, 2.05) is 12.1 Å². The van der Waals surface area contributed by atoms with Crippen LogP contribution in [0.25, 0.3) is 0 Å². The Morgan fingerprint density at radius 2 is 2.28 bits per heavy atom. The highest BCUT2D eigenvalue weighted by Gasteiger charge is 2.73. The Bertz CT molecular complexity index is 873. The molecule has 1 spiro atoms. The maximum absolute atomic E-state index is 12.2. The molecule has 2 unspecified atom stereocenters. The lowest BCUT2D eigenvalue weighted by molar-refractivity contribution is -0.188. The number of amides is 1. The predicted molar refractivity (Wildman–Crippen MR) is 106 cm³/mol. The minimum Gasteiger partial charge on any atom is -0.493 e. The third-order valence-corrected chi connectivity index (χ3v) is 7.63. The molecule has 7 heteroatoms. The molecule has 2 N–H and O–H groups in total. The minimum absolute atomic E-state index is 0.00808. The number of nitrogens with zero attached hydrogens (tertiary/aromatic N) is 1. The van der Waals surface area contributed by atoms with Crippen molar-refractivity contribution in [2.24, 2.45) is 0 Å². The second kappa shape index (κ2) is 6.37. The maximum Gasteiger partial charge on any atom is 0.407 e. The summed E-state index contributed by atoms with van der Waals surface area (Å²) >= 11 is 0. The maximum atomic E-state index is 12.2. The van der Waals surface area contributed by atoms with Gasteiger partial charge in [0.25, 0.3) is 0 Å². The zero-order valence-corrected chi connectivity index (χ0v) is 16.9. The number of hydrogen-bond acceptors (Lipinski definition) is 6. The second-order valence-corrected chi connectivity index (χ2v) is 8.60. The van der Waals surface area contributed by atoms with Crippen molar-refractivity contribution >= 4 is 6.09 Å². The Morgan fingerprint density at radius 1 is 1.45 bits per heavy atom. The summed E-state index contributed by atoms with van der Waals surface area (Å²) in [6, 6.07) is 3.80. The number of ether oxygens (including phenoxy) is 3. The topological polar surface area (TPSA) is 80.3 Å². The third kappa shape index (κ3) is 2.23. The number of alkyl carbamates (subject to hydrolysis) is 1. The fourth-order valence-electron chi connectivity index (χ4n) is 6.52. The summed E-state index contributed by atoms with van der Waals surface area (Å²) in [6.45, 7) is 5.50. The third-order valence-electron chi connectivity index (χ3n) is 7.63. The average Bonchev–Trinajstić information content (AvgIpc) is 3.07. The van der Waals surface area contributed by atoms with Crippen molar-refractivity contribution in [3.63, 3.8) is 0 Å². The highest BCUT2D eigenvalue weighted by Crippen LogP contribution is 2.65. The van der Waals surface area contributed by atoms with Gasteiger partial charge in [-0.1, -0.05) is 12.1 Å². The van der Waals surface area contributed by atoms with Crippen LogP contribution in [0.15, 0.2) is 24.8 Å². The summed E-state index contributed by atoms with van der Waals surface area (Å²) in [6.07, 6.45) is 3.81. The summed E-state index contributed by atoms with van der Waals surface area (Å²) in [5, 5.41) is 15.2. The quantitative estimate of drug-likeness (QED) is 0.750. The largest absolute Gasteiger partial charge is 0.493 e. The molecule has 5 rings (SSSR count). The van der Waals surface area contributed by atoms with E-state index in [4.69, 9.17) is 14.2 Å². The number of piperidine rings is 1. The van der Waals surface area contributed by atoms with Crippen molar-refractivity contribution in [2.45, 2.75) is 54.9 Å². The van der Waals surface area contributed by atoms with E-state index < -0.39 is 17.1 Å². The Labute approximate surface area is 170 Å². The summed E-state index contributed by atoms with van der Waals surface area (Å²) in [5.74, 6) is 1.40. The van der Waals surface area contributed by atoms with E-state index in [0.717, 1.165) is 37.2 Å². The molecule has 2 heterocycles. The molecule has 0 aromatic heterocycles. The number of carbonyl (C=O) groups is 1. The monoisotopic (exact) mass is 400 g/mol. The minimum atomic E-state index is -0.933. The van der Waals surface area contributed by atoms with Gasteiger partial charge in [-0.15, -0.1) is 6.58 Å². The van der Waals surface area contributed by atoms with Crippen molar-refractivity contribution in [1.29, 1.82) is 0 Å². The van der Waals surface area contributed by atoms with Crippen LogP contribution >= 0.6 is 0 Å². The molecule has 29 heavy (non-hydrogen) atoms. The van der Waals surface area contributed by atoms with Crippen molar-refractivity contribution in [3.8, 4) is 11.5 Å². The van der Waals surface area contributed by atoms with Gasteiger partial charge in [0.2, 0.25) is 0 Å². The Balaban J connectivity index is 1.69.